The van der Waals surface area contributed by atoms with Crippen LogP contribution in [0, 0.1) is 5.82 Å². The van der Waals surface area contributed by atoms with Crippen LogP contribution < -0.4 is 5.48 Å². The Bertz CT molecular complexity index is 1100. The topological polar surface area (TPSA) is 63.8 Å². The molecule has 6 nitrogen and oxygen atoms in total. The first kappa shape index (κ1) is 19.4. The van der Waals surface area contributed by atoms with Crippen LogP contribution in [0.1, 0.15) is 37.1 Å². The largest absolute Gasteiger partial charge is 0.246 e. The first-order valence-corrected chi connectivity index (χ1v) is 10.1. The molecule has 146 valence electrons. The average Bonchev–Trinajstić information content (AvgIpc) is 3.21. The standard InChI is InChI=1S/C18H16Cl2FN5OS/c1-9(14-11(19)4-5-12(21)15(14)20)28-13-6-7-26-17(23-13)10(8-22-26)16-24-18(2,3)27-25-16/h4-9H,1-3H3,(H,24,25)/t9-/m1/s1. The number of fused-ring (bicyclic) bond motifs is 1. The molecule has 0 spiro atoms. The molecule has 1 aromatic carbocycles. The average molecular weight is 440 g/mol. The lowest BCUT2D eigenvalue weighted by molar-refractivity contribution is -0.0269. The maximum absolute atomic E-state index is 13.9. The van der Waals surface area contributed by atoms with Crippen LogP contribution >= 0.6 is 35.0 Å². The smallest absolute Gasteiger partial charge is 0.182 e. The van der Waals surface area contributed by atoms with E-state index in [0.717, 1.165) is 10.6 Å². The number of nitrogens with zero attached hydrogens (tertiary/aromatic N) is 4. The number of hydrogen-bond acceptors (Lipinski definition) is 6. The number of aliphatic imine (C=N–C) groups is 1. The summed E-state index contributed by atoms with van der Waals surface area (Å²) in [6, 6.07) is 4.59. The lowest BCUT2D eigenvalue weighted by Gasteiger charge is -2.15. The van der Waals surface area contributed by atoms with Gasteiger partial charge >= 0.3 is 0 Å². The molecule has 1 aliphatic rings. The number of hydrogen-bond donors (Lipinski definition) is 1. The second-order valence-corrected chi connectivity index (χ2v) is 8.87. The SMILES string of the molecule is C[C@@H](Sc1ccn2ncc(C3=NC(C)(C)ON3)c2n1)c1c(Cl)ccc(F)c1Cl. The summed E-state index contributed by atoms with van der Waals surface area (Å²) in [6.45, 7) is 5.60. The van der Waals surface area contributed by atoms with Crippen LogP contribution in [0.3, 0.4) is 0 Å². The Kier molecular flexibility index (Phi) is 4.99. The number of hydroxylamine groups is 1. The van der Waals surface area contributed by atoms with Crippen LogP contribution in [0.25, 0.3) is 5.65 Å². The van der Waals surface area contributed by atoms with Crippen molar-refractivity contribution in [3.05, 3.63) is 57.6 Å². The highest BCUT2D eigenvalue weighted by Gasteiger charge is 2.28. The van der Waals surface area contributed by atoms with Gasteiger partial charge < -0.3 is 0 Å². The summed E-state index contributed by atoms with van der Waals surface area (Å²) in [7, 11) is 0. The minimum atomic E-state index is -0.657. The lowest BCUT2D eigenvalue weighted by Crippen LogP contribution is -2.23. The van der Waals surface area contributed by atoms with Crippen LogP contribution in [-0.4, -0.2) is 26.2 Å². The molecule has 1 atom stereocenters. The molecule has 1 aliphatic heterocycles. The van der Waals surface area contributed by atoms with E-state index in [2.05, 4.69) is 20.6 Å². The Morgan fingerprint density at radius 3 is 2.79 bits per heavy atom. The minimum Gasteiger partial charge on any atom is -0.246 e. The van der Waals surface area contributed by atoms with Gasteiger partial charge in [-0.3, -0.25) is 0 Å². The molecule has 0 amide bonds. The van der Waals surface area contributed by atoms with Gasteiger partial charge in [0.2, 0.25) is 0 Å². The van der Waals surface area contributed by atoms with Gasteiger partial charge in [-0.1, -0.05) is 35.0 Å². The maximum Gasteiger partial charge on any atom is 0.182 e. The van der Waals surface area contributed by atoms with Crippen molar-refractivity contribution in [3.63, 3.8) is 0 Å². The monoisotopic (exact) mass is 439 g/mol. The van der Waals surface area contributed by atoms with Crippen molar-refractivity contribution in [2.75, 3.05) is 0 Å². The van der Waals surface area contributed by atoms with Gasteiger partial charge in [-0.25, -0.2) is 29.2 Å². The molecule has 0 bridgehead atoms. The fraction of sp³-hybridized carbons (Fsp3) is 0.278. The summed E-state index contributed by atoms with van der Waals surface area (Å²) in [6.07, 6.45) is 3.48. The van der Waals surface area contributed by atoms with Crippen molar-refractivity contribution >= 4 is 46.4 Å². The zero-order valence-electron chi connectivity index (χ0n) is 15.2. The molecular formula is C18H16Cl2FN5OS. The van der Waals surface area contributed by atoms with E-state index in [-0.39, 0.29) is 10.3 Å². The first-order chi connectivity index (χ1) is 13.2. The summed E-state index contributed by atoms with van der Waals surface area (Å²) in [4.78, 5) is 14.6. The number of nitrogens with one attached hydrogen (secondary N) is 1. The first-order valence-electron chi connectivity index (χ1n) is 8.44. The second-order valence-electron chi connectivity index (χ2n) is 6.72. The highest BCUT2D eigenvalue weighted by Crippen LogP contribution is 2.41. The molecule has 2 aromatic heterocycles. The molecule has 0 fully saturated rings. The quantitative estimate of drug-likeness (QED) is 0.350. The van der Waals surface area contributed by atoms with Crippen molar-refractivity contribution in [3.8, 4) is 0 Å². The zero-order chi connectivity index (χ0) is 20.1. The Hall–Kier alpha value is -1.87. The fourth-order valence-corrected chi connectivity index (χ4v) is 4.67. The van der Waals surface area contributed by atoms with Gasteiger partial charge in [0.15, 0.2) is 17.2 Å². The van der Waals surface area contributed by atoms with Crippen molar-refractivity contribution < 1.29 is 9.23 Å². The molecule has 4 rings (SSSR count). The van der Waals surface area contributed by atoms with Crippen LogP contribution in [-0.2, 0) is 4.84 Å². The van der Waals surface area contributed by atoms with Gasteiger partial charge in [0, 0.05) is 22.0 Å². The van der Waals surface area contributed by atoms with Crippen molar-refractivity contribution in [2.24, 2.45) is 4.99 Å². The van der Waals surface area contributed by atoms with Crippen LogP contribution in [0.2, 0.25) is 10.0 Å². The molecule has 3 aromatic rings. The van der Waals surface area contributed by atoms with Crippen LogP contribution in [0.4, 0.5) is 4.39 Å². The van der Waals surface area contributed by atoms with Crippen molar-refractivity contribution in [2.45, 2.75) is 36.8 Å². The predicted molar refractivity (Wildman–Crippen MR) is 109 cm³/mol. The number of benzene rings is 1. The van der Waals surface area contributed by atoms with E-state index in [0.29, 0.717) is 22.1 Å². The van der Waals surface area contributed by atoms with E-state index in [1.54, 1.807) is 16.9 Å². The maximum atomic E-state index is 13.9. The van der Waals surface area contributed by atoms with Crippen molar-refractivity contribution in [1.82, 2.24) is 20.1 Å². The molecule has 1 N–H and O–H groups in total. The predicted octanol–water partition coefficient (Wildman–Crippen LogP) is 5.05. The van der Waals surface area contributed by atoms with Gasteiger partial charge in [-0.15, -0.1) is 0 Å². The Balaban J connectivity index is 1.67. The Morgan fingerprint density at radius 1 is 1.29 bits per heavy atom. The molecule has 0 radical (unpaired) electrons. The number of aromatic nitrogens is 3. The molecule has 10 heteroatoms. The number of halogens is 3. The molecule has 3 heterocycles. The summed E-state index contributed by atoms with van der Waals surface area (Å²) >= 11 is 13.8. The zero-order valence-corrected chi connectivity index (χ0v) is 17.5. The fourth-order valence-electron chi connectivity index (χ4n) is 2.84. The van der Waals surface area contributed by atoms with Gasteiger partial charge in [0.05, 0.1) is 16.8 Å². The van der Waals surface area contributed by atoms with Gasteiger partial charge in [-0.05, 0) is 39.0 Å². The van der Waals surface area contributed by atoms with E-state index in [1.165, 1.54) is 23.9 Å². The Labute approximate surface area is 175 Å². The third kappa shape index (κ3) is 3.57. The van der Waals surface area contributed by atoms with Gasteiger partial charge in [0.25, 0.3) is 0 Å². The minimum absolute atomic E-state index is 0.0301. The molecular weight excluding hydrogens is 424 g/mol. The van der Waals surface area contributed by atoms with E-state index < -0.39 is 11.5 Å². The van der Waals surface area contributed by atoms with E-state index in [9.17, 15) is 4.39 Å². The summed E-state index contributed by atoms with van der Waals surface area (Å²) < 4.78 is 15.5. The van der Waals surface area contributed by atoms with E-state index in [4.69, 9.17) is 28.0 Å². The van der Waals surface area contributed by atoms with Gasteiger partial charge in [-0.2, -0.15) is 5.10 Å². The van der Waals surface area contributed by atoms with Crippen LogP contribution in [0.5, 0.6) is 0 Å². The number of rotatable bonds is 4. The molecule has 0 saturated carbocycles. The number of thioether (sulfide) groups is 1. The molecule has 0 saturated heterocycles. The molecule has 0 aliphatic carbocycles. The normalized spacial score (nSPS) is 16.9. The number of amidine groups is 1. The third-order valence-electron chi connectivity index (χ3n) is 4.16. The van der Waals surface area contributed by atoms with E-state index in [1.807, 2.05) is 26.8 Å². The second kappa shape index (κ2) is 7.18. The van der Waals surface area contributed by atoms with Crippen molar-refractivity contribution in [1.29, 1.82) is 0 Å². The highest BCUT2D eigenvalue weighted by atomic mass is 35.5. The molecule has 28 heavy (non-hydrogen) atoms. The third-order valence-corrected chi connectivity index (χ3v) is 5.93. The Morgan fingerprint density at radius 2 is 2.07 bits per heavy atom. The van der Waals surface area contributed by atoms with Gasteiger partial charge in [0.1, 0.15) is 10.8 Å². The van der Waals surface area contributed by atoms with Crippen LogP contribution in [0.15, 0.2) is 40.6 Å². The summed E-state index contributed by atoms with van der Waals surface area (Å²) in [5.41, 5.74) is 4.06. The lowest BCUT2D eigenvalue weighted by atomic mass is 10.1. The molecule has 0 unspecified atom stereocenters. The summed E-state index contributed by atoms with van der Waals surface area (Å²) in [5.74, 6) is 0.0712. The van der Waals surface area contributed by atoms with E-state index >= 15 is 0 Å². The highest BCUT2D eigenvalue weighted by molar-refractivity contribution is 7.99. The summed E-state index contributed by atoms with van der Waals surface area (Å²) in [5, 5.41) is 5.27.